The van der Waals surface area contributed by atoms with Gasteiger partial charge in [0.05, 0.1) is 12.3 Å². The van der Waals surface area contributed by atoms with E-state index in [1.807, 2.05) is 43.9 Å². The normalized spacial score (nSPS) is 18.7. The average molecular weight is 320 g/mol. The van der Waals surface area contributed by atoms with E-state index < -0.39 is 5.60 Å². The van der Waals surface area contributed by atoms with Crippen LogP contribution in [0.15, 0.2) is 24.4 Å². The van der Waals surface area contributed by atoms with Crippen LogP contribution in [0.5, 0.6) is 0 Å². The van der Waals surface area contributed by atoms with Crippen LogP contribution in [0.4, 0.5) is 4.79 Å². The van der Waals surface area contributed by atoms with Crippen molar-refractivity contribution in [3.05, 3.63) is 30.1 Å². The number of carbonyl (C=O) groups is 1. The van der Waals surface area contributed by atoms with Gasteiger partial charge in [-0.15, -0.1) is 0 Å². The molecule has 5 nitrogen and oxygen atoms in total. The van der Waals surface area contributed by atoms with Gasteiger partial charge in [0.1, 0.15) is 5.60 Å². The van der Waals surface area contributed by atoms with Crippen molar-refractivity contribution in [2.45, 2.75) is 64.7 Å². The van der Waals surface area contributed by atoms with Crippen LogP contribution in [0.2, 0.25) is 0 Å². The monoisotopic (exact) mass is 320 g/mol. The molecule has 1 aliphatic heterocycles. The third kappa shape index (κ3) is 6.18. The van der Waals surface area contributed by atoms with Crippen molar-refractivity contribution in [1.82, 2.24) is 9.88 Å². The standard InChI is InChI=1S/C18H28N2O3/c1-18(2,3)23-17(21)20-12-7-5-9-16(20)10-13-22-14-15-8-4-6-11-19-15/h4,6,8,11,16H,5,7,9-10,12-14H2,1-3H3/t16-/m0/s1. The van der Waals surface area contributed by atoms with E-state index in [1.165, 1.54) is 0 Å². The van der Waals surface area contributed by atoms with Gasteiger partial charge in [-0.05, 0) is 58.6 Å². The first kappa shape index (κ1) is 17.7. The van der Waals surface area contributed by atoms with E-state index in [0.717, 1.165) is 37.9 Å². The van der Waals surface area contributed by atoms with Crippen LogP contribution in [-0.2, 0) is 16.1 Å². The van der Waals surface area contributed by atoms with Crippen LogP contribution in [0, 0.1) is 0 Å². The van der Waals surface area contributed by atoms with Crippen LogP contribution >= 0.6 is 0 Å². The highest BCUT2D eigenvalue weighted by atomic mass is 16.6. The lowest BCUT2D eigenvalue weighted by molar-refractivity contribution is 0.00368. The Kier molecular flexibility index (Phi) is 6.39. The number of carbonyl (C=O) groups excluding carboxylic acids is 1. The molecular formula is C18H28N2O3. The molecule has 1 aromatic heterocycles. The van der Waals surface area contributed by atoms with Crippen molar-refractivity contribution in [3.63, 3.8) is 0 Å². The largest absolute Gasteiger partial charge is 0.444 e. The molecule has 23 heavy (non-hydrogen) atoms. The number of pyridine rings is 1. The summed E-state index contributed by atoms with van der Waals surface area (Å²) in [5.41, 5.74) is 0.481. The highest BCUT2D eigenvalue weighted by molar-refractivity contribution is 5.68. The lowest BCUT2D eigenvalue weighted by Gasteiger charge is -2.36. The minimum Gasteiger partial charge on any atom is -0.444 e. The Morgan fingerprint density at radius 2 is 2.17 bits per heavy atom. The van der Waals surface area contributed by atoms with Gasteiger partial charge in [-0.3, -0.25) is 4.98 Å². The Morgan fingerprint density at radius 3 is 2.87 bits per heavy atom. The number of aromatic nitrogens is 1. The van der Waals surface area contributed by atoms with Gasteiger partial charge in [0.15, 0.2) is 0 Å². The molecule has 1 atom stereocenters. The van der Waals surface area contributed by atoms with Crippen molar-refractivity contribution in [2.75, 3.05) is 13.2 Å². The zero-order chi connectivity index (χ0) is 16.7. The smallest absolute Gasteiger partial charge is 0.410 e. The Labute approximate surface area is 139 Å². The zero-order valence-electron chi connectivity index (χ0n) is 14.5. The Bertz CT molecular complexity index is 485. The van der Waals surface area contributed by atoms with Gasteiger partial charge in [0, 0.05) is 25.4 Å². The highest BCUT2D eigenvalue weighted by Gasteiger charge is 2.30. The van der Waals surface area contributed by atoms with Crippen LogP contribution in [0.25, 0.3) is 0 Å². The third-order valence-corrected chi connectivity index (χ3v) is 3.83. The highest BCUT2D eigenvalue weighted by Crippen LogP contribution is 2.22. The van der Waals surface area contributed by atoms with Crippen molar-refractivity contribution < 1.29 is 14.3 Å². The van der Waals surface area contributed by atoms with E-state index in [2.05, 4.69) is 4.98 Å². The molecule has 0 bridgehead atoms. The van der Waals surface area contributed by atoms with Crippen molar-refractivity contribution >= 4 is 6.09 Å². The molecule has 1 fully saturated rings. The molecule has 5 heteroatoms. The molecule has 1 amide bonds. The number of amides is 1. The molecule has 0 unspecified atom stereocenters. The van der Waals surface area contributed by atoms with Gasteiger partial charge in [-0.25, -0.2) is 4.79 Å². The Hall–Kier alpha value is -1.62. The number of ether oxygens (including phenoxy) is 2. The summed E-state index contributed by atoms with van der Waals surface area (Å²) < 4.78 is 11.2. The summed E-state index contributed by atoms with van der Waals surface area (Å²) in [6.07, 6.45) is 5.63. The summed E-state index contributed by atoms with van der Waals surface area (Å²) in [5.74, 6) is 0. The fourth-order valence-corrected chi connectivity index (χ4v) is 2.74. The second kappa shape index (κ2) is 8.29. The topological polar surface area (TPSA) is 51.7 Å². The van der Waals surface area contributed by atoms with E-state index in [-0.39, 0.29) is 12.1 Å². The van der Waals surface area contributed by atoms with Crippen molar-refractivity contribution in [3.8, 4) is 0 Å². The molecule has 128 valence electrons. The number of hydrogen-bond acceptors (Lipinski definition) is 4. The van der Waals surface area contributed by atoms with Crippen molar-refractivity contribution in [2.24, 2.45) is 0 Å². The fourth-order valence-electron chi connectivity index (χ4n) is 2.74. The van der Waals surface area contributed by atoms with Gasteiger partial charge in [-0.2, -0.15) is 0 Å². The van der Waals surface area contributed by atoms with E-state index in [4.69, 9.17) is 9.47 Å². The molecule has 2 rings (SSSR count). The second-order valence-corrected chi connectivity index (χ2v) is 6.99. The SMILES string of the molecule is CC(C)(C)OC(=O)N1CCCC[C@H]1CCOCc1ccccn1. The number of piperidine rings is 1. The molecular weight excluding hydrogens is 292 g/mol. The van der Waals surface area contributed by atoms with Crippen LogP contribution in [0.1, 0.15) is 52.1 Å². The number of rotatable bonds is 5. The maximum Gasteiger partial charge on any atom is 0.410 e. The predicted octanol–water partition coefficient (Wildman–Crippen LogP) is 3.78. The molecule has 1 aromatic rings. The quantitative estimate of drug-likeness (QED) is 0.775. The third-order valence-electron chi connectivity index (χ3n) is 3.83. The minimum absolute atomic E-state index is 0.202. The summed E-state index contributed by atoms with van der Waals surface area (Å²) in [5, 5.41) is 0. The molecule has 1 saturated heterocycles. The minimum atomic E-state index is -0.450. The summed E-state index contributed by atoms with van der Waals surface area (Å²) in [4.78, 5) is 18.4. The maximum atomic E-state index is 12.3. The maximum absolute atomic E-state index is 12.3. The zero-order valence-corrected chi connectivity index (χ0v) is 14.5. The van der Waals surface area contributed by atoms with Gasteiger partial charge >= 0.3 is 6.09 Å². The molecule has 0 radical (unpaired) electrons. The second-order valence-electron chi connectivity index (χ2n) is 6.99. The number of likely N-dealkylation sites (tertiary alicyclic amines) is 1. The molecule has 0 aliphatic carbocycles. The molecule has 0 N–H and O–H groups in total. The lowest BCUT2D eigenvalue weighted by Crippen LogP contribution is -2.46. The number of nitrogens with zero attached hydrogens (tertiary/aromatic N) is 2. The van der Waals surface area contributed by atoms with E-state index in [1.54, 1.807) is 6.20 Å². The first-order valence-electron chi connectivity index (χ1n) is 8.43. The Morgan fingerprint density at radius 1 is 1.35 bits per heavy atom. The summed E-state index contributed by atoms with van der Waals surface area (Å²) in [6, 6.07) is 6.01. The van der Waals surface area contributed by atoms with E-state index >= 15 is 0 Å². The van der Waals surface area contributed by atoms with E-state index in [0.29, 0.717) is 13.2 Å². The molecule has 2 heterocycles. The average Bonchev–Trinajstić information content (AvgIpc) is 2.51. The first-order valence-corrected chi connectivity index (χ1v) is 8.43. The molecule has 1 aliphatic rings. The van der Waals surface area contributed by atoms with Crippen LogP contribution < -0.4 is 0 Å². The predicted molar refractivity (Wildman–Crippen MR) is 89.1 cm³/mol. The Balaban J connectivity index is 1.78. The van der Waals surface area contributed by atoms with Crippen molar-refractivity contribution in [1.29, 1.82) is 0 Å². The summed E-state index contributed by atoms with van der Waals surface area (Å²) >= 11 is 0. The van der Waals surface area contributed by atoms with Gasteiger partial charge in [-0.1, -0.05) is 6.07 Å². The van der Waals surface area contributed by atoms with E-state index in [9.17, 15) is 4.79 Å². The van der Waals surface area contributed by atoms with Gasteiger partial charge in [0.2, 0.25) is 0 Å². The first-order chi connectivity index (χ1) is 11.0. The molecule has 0 spiro atoms. The summed E-state index contributed by atoms with van der Waals surface area (Å²) in [7, 11) is 0. The molecule has 0 aromatic carbocycles. The van der Waals surface area contributed by atoms with Gasteiger partial charge < -0.3 is 14.4 Å². The summed E-state index contributed by atoms with van der Waals surface area (Å²) in [6.45, 7) is 7.62. The van der Waals surface area contributed by atoms with Crippen LogP contribution in [0.3, 0.4) is 0 Å². The fraction of sp³-hybridized carbons (Fsp3) is 0.667. The number of hydrogen-bond donors (Lipinski definition) is 0. The lowest BCUT2D eigenvalue weighted by atomic mass is 10.0. The van der Waals surface area contributed by atoms with Crippen LogP contribution in [-0.4, -0.2) is 40.8 Å². The van der Waals surface area contributed by atoms with Gasteiger partial charge in [0.25, 0.3) is 0 Å². The molecule has 0 saturated carbocycles.